The standard InChI is InChI=1S/C17H12FN/c18-14-10-8-13(9-11-14)15-5-1-2-6-16(15)17-7-3-4-12-19-17/h1-12H. The maximum Gasteiger partial charge on any atom is 0.123 e. The zero-order valence-electron chi connectivity index (χ0n) is 10.3. The molecule has 0 fully saturated rings. The number of nitrogens with zero attached hydrogens (tertiary/aromatic N) is 1. The van der Waals surface area contributed by atoms with Gasteiger partial charge < -0.3 is 0 Å². The van der Waals surface area contributed by atoms with Crippen LogP contribution in [0, 0.1) is 5.82 Å². The fourth-order valence-corrected chi connectivity index (χ4v) is 2.11. The Kier molecular flexibility index (Phi) is 3.07. The van der Waals surface area contributed by atoms with Gasteiger partial charge in [0, 0.05) is 11.8 Å². The normalized spacial score (nSPS) is 10.4. The van der Waals surface area contributed by atoms with E-state index in [2.05, 4.69) is 4.98 Å². The quantitative estimate of drug-likeness (QED) is 0.649. The van der Waals surface area contributed by atoms with Gasteiger partial charge in [0.1, 0.15) is 5.82 Å². The third-order valence-corrected chi connectivity index (χ3v) is 3.02. The molecule has 0 bridgehead atoms. The van der Waals surface area contributed by atoms with Gasteiger partial charge in [0.15, 0.2) is 0 Å². The van der Waals surface area contributed by atoms with Gasteiger partial charge in [-0.25, -0.2) is 4.39 Å². The molecule has 0 unspecified atom stereocenters. The zero-order valence-corrected chi connectivity index (χ0v) is 10.3. The molecular formula is C17H12FN. The van der Waals surface area contributed by atoms with Gasteiger partial charge in [0.2, 0.25) is 0 Å². The molecule has 0 saturated carbocycles. The molecule has 0 saturated heterocycles. The fourth-order valence-electron chi connectivity index (χ4n) is 2.11. The van der Waals surface area contributed by atoms with Crippen LogP contribution in [-0.2, 0) is 0 Å². The molecule has 2 heteroatoms. The van der Waals surface area contributed by atoms with Gasteiger partial charge >= 0.3 is 0 Å². The summed E-state index contributed by atoms with van der Waals surface area (Å²) in [5, 5.41) is 0. The monoisotopic (exact) mass is 249 g/mol. The lowest BCUT2D eigenvalue weighted by Gasteiger charge is -2.09. The molecule has 0 aliphatic carbocycles. The number of hydrogen-bond acceptors (Lipinski definition) is 1. The highest BCUT2D eigenvalue weighted by molar-refractivity contribution is 5.81. The molecule has 0 spiro atoms. The van der Waals surface area contributed by atoms with Crippen molar-refractivity contribution in [2.24, 2.45) is 0 Å². The zero-order chi connectivity index (χ0) is 13.1. The van der Waals surface area contributed by atoms with Crippen LogP contribution in [0.4, 0.5) is 4.39 Å². The summed E-state index contributed by atoms with van der Waals surface area (Å²) in [5.74, 6) is -0.223. The minimum atomic E-state index is -0.223. The lowest BCUT2D eigenvalue weighted by molar-refractivity contribution is 0.628. The van der Waals surface area contributed by atoms with Crippen molar-refractivity contribution in [2.45, 2.75) is 0 Å². The van der Waals surface area contributed by atoms with Gasteiger partial charge in [-0.15, -0.1) is 0 Å². The second-order valence-corrected chi connectivity index (χ2v) is 4.27. The third kappa shape index (κ3) is 2.38. The van der Waals surface area contributed by atoms with Crippen LogP contribution in [0.15, 0.2) is 72.9 Å². The lowest BCUT2D eigenvalue weighted by atomic mass is 9.97. The first-order chi connectivity index (χ1) is 9.34. The first-order valence-corrected chi connectivity index (χ1v) is 6.11. The molecular weight excluding hydrogens is 237 g/mol. The molecule has 0 N–H and O–H groups in total. The van der Waals surface area contributed by atoms with E-state index in [0.717, 1.165) is 22.4 Å². The summed E-state index contributed by atoms with van der Waals surface area (Å²) in [6.07, 6.45) is 1.77. The van der Waals surface area contributed by atoms with Gasteiger partial charge in [-0.2, -0.15) is 0 Å². The molecule has 0 aliphatic heterocycles. The first-order valence-electron chi connectivity index (χ1n) is 6.11. The number of benzene rings is 2. The van der Waals surface area contributed by atoms with Crippen LogP contribution in [-0.4, -0.2) is 4.98 Å². The Balaban J connectivity index is 2.15. The van der Waals surface area contributed by atoms with Crippen LogP contribution in [0.5, 0.6) is 0 Å². The van der Waals surface area contributed by atoms with Gasteiger partial charge in [-0.05, 0) is 35.4 Å². The van der Waals surface area contributed by atoms with Crippen LogP contribution in [0.2, 0.25) is 0 Å². The van der Waals surface area contributed by atoms with Gasteiger partial charge in [0.25, 0.3) is 0 Å². The Morgan fingerprint density at radius 2 is 1.37 bits per heavy atom. The Morgan fingerprint density at radius 3 is 2.05 bits per heavy atom. The predicted octanol–water partition coefficient (Wildman–Crippen LogP) is 4.55. The Hall–Kier alpha value is -2.48. The molecule has 1 nitrogen and oxygen atoms in total. The van der Waals surface area contributed by atoms with Crippen molar-refractivity contribution in [3.05, 3.63) is 78.7 Å². The van der Waals surface area contributed by atoms with Crippen molar-refractivity contribution in [3.8, 4) is 22.4 Å². The highest BCUT2D eigenvalue weighted by Crippen LogP contribution is 2.30. The molecule has 2 aromatic carbocycles. The van der Waals surface area contributed by atoms with Crippen LogP contribution < -0.4 is 0 Å². The van der Waals surface area contributed by atoms with Gasteiger partial charge in [-0.1, -0.05) is 42.5 Å². The molecule has 0 amide bonds. The van der Waals surface area contributed by atoms with Crippen LogP contribution in [0.1, 0.15) is 0 Å². The van der Waals surface area contributed by atoms with E-state index < -0.39 is 0 Å². The van der Waals surface area contributed by atoms with Crippen LogP contribution in [0.3, 0.4) is 0 Å². The van der Waals surface area contributed by atoms with E-state index in [1.165, 1.54) is 12.1 Å². The Bertz CT molecular complexity index is 675. The summed E-state index contributed by atoms with van der Waals surface area (Å²) >= 11 is 0. The van der Waals surface area contributed by atoms with Crippen molar-refractivity contribution in [1.29, 1.82) is 0 Å². The maximum atomic E-state index is 13.0. The van der Waals surface area contributed by atoms with Crippen LogP contribution in [0.25, 0.3) is 22.4 Å². The summed E-state index contributed by atoms with van der Waals surface area (Å²) in [6.45, 7) is 0. The smallest absolute Gasteiger partial charge is 0.123 e. The minimum Gasteiger partial charge on any atom is -0.256 e. The number of rotatable bonds is 2. The summed E-state index contributed by atoms with van der Waals surface area (Å²) in [6, 6.07) is 20.4. The predicted molar refractivity (Wildman–Crippen MR) is 75.1 cm³/mol. The van der Waals surface area contributed by atoms with Crippen molar-refractivity contribution in [1.82, 2.24) is 4.98 Å². The first kappa shape index (κ1) is 11.6. The summed E-state index contributed by atoms with van der Waals surface area (Å²) in [5.41, 5.74) is 4.01. The van der Waals surface area contributed by atoms with Crippen LogP contribution >= 0.6 is 0 Å². The molecule has 3 rings (SSSR count). The topological polar surface area (TPSA) is 12.9 Å². The molecule has 3 aromatic rings. The summed E-state index contributed by atoms with van der Waals surface area (Å²) in [4.78, 5) is 4.38. The highest BCUT2D eigenvalue weighted by Gasteiger charge is 2.07. The second-order valence-electron chi connectivity index (χ2n) is 4.27. The van der Waals surface area contributed by atoms with Crippen molar-refractivity contribution < 1.29 is 4.39 Å². The average molecular weight is 249 g/mol. The third-order valence-electron chi connectivity index (χ3n) is 3.02. The van der Waals surface area contributed by atoms with E-state index in [4.69, 9.17) is 0 Å². The van der Waals surface area contributed by atoms with E-state index in [1.807, 2.05) is 42.5 Å². The van der Waals surface area contributed by atoms with E-state index in [9.17, 15) is 4.39 Å². The lowest BCUT2D eigenvalue weighted by Crippen LogP contribution is -1.87. The van der Waals surface area contributed by atoms with E-state index in [-0.39, 0.29) is 5.82 Å². The number of halogens is 1. The summed E-state index contributed by atoms with van der Waals surface area (Å²) < 4.78 is 13.0. The molecule has 1 heterocycles. The van der Waals surface area contributed by atoms with Gasteiger partial charge in [-0.3, -0.25) is 4.98 Å². The molecule has 1 aromatic heterocycles. The molecule has 92 valence electrons. The minimum absolute atomic E-state index is 0.223. The molecule has 0 aliphatic rings. The van der Waals surface area contributed by atoms with E-state index in [1.54, 1.807) is 18.3 Å². The number of hydrogen-bond donors (Lipinski definition) is 0. The number of pyridine rings is 1. The highest BCUT2D eigenvalue weighted by atomic mass is 19.1. The van der Waals surface area contributed by atoms with Crippen molar-refractivity contribution >= 4 is 0 Å². The maximum absolute atomic E-state index is 13.0. The molecule has 0 atom stereocenters. The Labute approximate surface area is 111 Å². The van der Waals surface area contributed by atoms with E-state index >= 15 is 0 Å². The average Bonchev–Trinajstić information content (AvgIpc) is 2.49. The fraction of sp³-hybridized carbons (Fsp3) is 0. The SMILES string of the molecule is Fc1ccc(-c2ccccc2-c2ccccn2)cc1. The second kappa shape index (κ2) is 5.02. The van der Waals surface area contributed by atoms with Gasteiger partial charge in [0.05, 0.1) is 5.69 Å². The molecule has 0 radical (unpaired) electrons. The van der Waals surface area contributed by atoms with Crippen molar-refractivity contribution in [2.75, 3.05) is 0 Å². The molecule has 19 heavy (non-hydrogen) atoms. The largest absolute Gasteiger partial charge is 0.256 e. The number of aromatic nitrogens is 1. The summed E-state index contributed by atoms with van der Waals surface area (Å²) in [7, 11) is 0. The Morgan fingerprint density at radius 1 is 0.684 bits per heavy atom. The van der Waals surface area contributed by atoms with Crippen molar-refractivity contribution in [3.63, 3.8) is 0 Å². The van der Waals surface area contributed by atoms with E-state index in [0.29, 0.717) is 0 Å².